The Morgan fingerprint density at radius 3 is 2.61 bits per heavy atom. The quantitative estimate of drug-likeness (QED) is 0.641. The molecule has 7 nitrogen and oxygen atoms in total. The zero-order chi connectivity index (χ0) is 22.4. The minimum atomic E-state index is -4.59. The molecule has 0 fully saturated rings. The molecule has 2 aromatic heterocycles. The van der Waals surface area contributed by atoms with Crippen molar-refractivity contribution in [1.29, 1.82) is 0 Å². The van der Waals surface area contributed by atoms with Gasteiger partial charge in [-0.25, -0.2) is 9.67 Å². The maximum atomic E-state index is 13.7. The van der Waals surface area contributed by atoms with Crippen LogP contribution < -0.4 is 10.5 Å². The number of halogens is 3. The van der Waals surface area contributed by atoms with Gasteiger partial charge in [0.15, 0.2) is 5.82 Å². The summed E-state index contributed by atoms with van der Waals surface area (Å²) >= 11 is 0. The Morgan fingerprint density at radius 2 is 1.97 bits per heavy atom. The summed E-state index contributed by atoms with van der Waals surface area (Å²) < 4.78 is 47.6. The smallest absolute Gasteiger partial charge is 0.419 e. The number of nitrogens with zero attached hydrogens (tertiary/aromatic N) is 4. The fraction of sp³-hybridized carbons (Fsp3) is 0.238. The zero-order valence-corrected chi connectivity index (χ0v) is 16.6. The van der Waals surface area contributed by atoms with Crippen molar-refractivity contribution >= 4 is 17.7 Å². The predicted octanol–water partition coefficient (Wildman–Crippen LogP) is 3.51. The fourth-order valence-electron chi connectivity index (χ4n) is 3.37. The van der Waals surface area contributed by atoms with Crippen molar-refractivity contribution in [2.75, 3.05) is 6.61 Å². The lowest BCUT2D eigenvalue weighted by atomic mass is 9.85. The van der Waals surface area contributed by atoms with Crippen LogP contribution in [0.2, 0.25) is 0 Å². The second-order valence-electron chi connectivity index (χ2n) is 7.76. The second-order valence-corrected chi connectivity index (χ2v) is 7.76. The van der Waals surface area contributed by atoms with Crippen molar-refractivity contribution in [3.05, 3.63) is 59.7 Å². The lowest BCUT2D eigenvalue weighted by molar-refractivity contribution is -0.138. The molecular weight excluding hydrogens is 411 g/mol. The van der Waals surface area contributed by atoms with Crippen LogP contribution in [0.25, 0.3) is 23.2 Å². The van der Waals surface area contributed by atoms with Gasteiger partial charge in [-0.3, -0.25) is 9.78 Å². The van der Waals surface area contributed by atoms with Gasteiger partial charge in [-0.1, -0.05) is 13.8 Å². The third-order valence-corrected chi connectivity index (χ3v) is 4.99. The summed E-state index contributed by atoms with van der Waals surface area (Å²) in [6, 6.07) is 5.79. The Kier molecular flexibility index (Phi) is 4.79. The van der Waals surface area contributed by atoms with E-state index >= 15 is 0 Å². The normalized spacial score (nSPS) is 15.5. The monoisotopic (exact) mass is 429 g/mol. The highest BCUT2D eigenvalue weighted by atomic mass is 19.4. The Balaban J connectivity index is 1.79. The summed E-state index contributed by atoms with van der Waals surface area (Å²) in [6.07, 6.45) is 1.07. The van der Waals surface area contributed by atoms with Crippen molar-refractivity contribution in [2.24, 2.45) is 5.73 Å². The molecule has 3 aromatic rings. The minimum Gasteiger partial charge on any atom is -0.492 e. The number of primary amides is 1. The molecule has 2 N–H and O–H groups in total. The molecule has 0 unspecified atom stereocenters. The standard InChI is InChI=1S/C21H18F3N5O2/c1-20(2)10-31-17-15(20)7-13(8-16(17)21(22,23)24)19-27-11-29(28-19)9-14(18(25)30)12-3-5-26-6-4-12/h3-9,11H,10H2,1-2H3,(H2,25,30)/b14-9+. The van der Waals surface area contributed by atoms with Crippen molar-refractivity contribution in [3.8, 4) is 17.1 Å². The molecule has 0 saturated heterocycles. The van der Waals surface area contributed by atoms with Crippen LogP contribution in [-0.4, -0.2) is 32.3 Å². The first-order valence-corrected chi connectivity index (χ1v) is 9.28. The summed E-state index contributed by atoms with van der Waals surface area (Å²) in [5.41, 5.74) is 5.32. The summed E-state index contributed by atoms with van der Waals surface area (Å²) in [5.74, 6) is -0.779. The molecule has 0 atom stereocenters. The second kappa shape index (κ2) is 7.22. The van der Waals surface area contributed by atoms with Crippen molar-refractivity contribution < 1.29 is 22.7 Å². The van der Waals surface area contributed by atoms with Gasteiger partial charge < -0.3 is 10.5 Å². The van der Waals surface area contributed by atoms with Gasteiger partial charge in [0.2, 0.25) is 0 Å². The Bertz CT molecular complexity index is 1180. The first-order valence-electron chi connectivity index (χ1n) is 9.28. The number of carbonyl (C=O) groups excluding carboxylic acids is 1. The zero-order valence-electron chi connectivity index (χ0n) is 16.6. The Morgan fingerprint density at radius 1 is 1.26 bits per heavy atom. The molecule has 0 saturated carbocycles. The van der Waals surface area contributed by atoms with Crippen LogP contribution in [0.5, 0.6) is 5.75 Å². The van der Waals surface area contributed by atoms with Crippen LogP contribution in [0, 0.1) is 0 Å². The number of carbonyl (C=O) groups is 1. The SMILES string of the molecule is CC1(C)COc2c(C(F)(F)F)cc(-c3ncn(/C=C(/C(N)=O)c4ccncc4)n3)cc21. The number of rotatable bonds is 4. The highest BCUT2D eigenvalue weighted by Gasteiger charge is 2.42. The summed E-state index contributed by atoms with van der Waals surface area (Å²) in [5, 5.41) is 4.22. The maximum Gasteiger partial charge on any atom is 0.419 e. The van der Waals surface area contributed by atoms with Crippen LogP contribution in [0.15, 0.2) is 43.0 Å². The van der Waals surface area contributed by atoms with Gasteiger partial charge in [0.1, 0.15) is 12.1 Å². The number of alkyl halides is 3. The van der Waals surface area contributed by atoms with Gasteiger partial charge in [0.05, 0.1) is 17.7 Å². The molecule has 10 heteroatoms. The highest BCUT2D eigenvalue weighted by molar-refractivity contribution is 6.22. The largest absolute Gasteiger partial charge is 0.492 e. The maximum absolute atomic E-state index is 13.7. The molecule has 0 spiro atoms. The number of hydrogen-bond acceptors (Lipinski definition) is 5. The molecule has 1 aliphatic rings. The van der Waals surface area contributed by atoms with Crippen LogP contribution in [0.4, 0.5) is 13.2 Å². The number of pyridine rings is 1. The number of nitrogens with two attached hydrogens (primary N) is 1. The topological polar surface area (TPSA) is 95.9 Å². The van der Waals surface area contributed by atoms with E-state index in [1.807, 2.05) is 13.8 Å². The van der Waals surface area contributed by atoms with Gasteiger partial charge in [0.25, 0.3) is 5.91 Å². The number of ether oxygens (including phenoxy) is 1. The molecule has 4 rings (SSSR count). The van der Waals surface area contributed by atoms with E-state index in [4.69, 9.17) is 10.5 Å². The van der Waals surface area contributed by atoms with Gasteiger partial charge in [-0.2, -0.15) is 13.2 Å². The average molecular weight is 429 g/mol. The first-order chi connectivity index (χ1) is 14.6. The molecule has 0 aliphatic carbocycles. The molecular formula is C21H18F3N5O2. The molecule has 0 radical (unpaired) electrons. The van der Waals surface area contributed by atoms with Crippen LogP contribution in [0.1, 0.15) is 30.5 Å². The van der Waals surface area contributed by atoms with Gasteiger partial charge >= 0.3 is 6.18 Å². The predicted molar refractivity (Wildman–Crippen MR) is 107 cm³/mol. The fourth-order valence-corrected chi connectivity index (χ4v) is 3.37. The summed E-state index contributed by atoms with van der Waals surface area (Å²) in [4.78, 5) is 19.9. The highest BCUT2D eigenvalue weighted by Crippen LogP contribution is 2.48. The third-order valence-electron chi connectivity index (χ3n) is 4.99. The number of amides is 1. The van der Waals surface area contributed by atoms with Gasteiger partial charge in [-0.05, 0) is 29.8 Å². The molecule has 0 bridgehead atoms. The van der Waals surface area contributed by atoms with E-state index in [0.29, 0.717) is 11.1 Å². The van der Waals surface area contributed by atoms with Gasteiger partial charge in [-0.15, -0.1) is 5.10 Å². The summed E-state index contributed by atoms with van der Waals surface area (Å²) in [7, 11) is 0. The van der Waals surface area contributed by atoms with Gasteiger partial charge in [0, 0.05) is 35.1 Å². The van der Waals surface area contributed by atoms with Crippen LogP contribution in [0.3, 0.4) is 0 Å². The number of benzene rings is 1. The molecule has 1 aliphatic heterocycles. The van der Waals surface area contributed by atoms with Crippen molar-refractivity contribution in [2.45, 2.75) is 25.4 Å². The first kappa shape index (κ1) is 20.6. The van der Waals surface area contributed by atoms with E-state index in [-0.39, 0.29) is 29.3 Å². The average Bonchev–Trinajstić information content (AvgIpc) is 3.29. The van der Waals surface area contributed by atoms with E-state index in [1.165, 1.54) is 29.6 Å². The number of hydrogen-bond donors (Lipinski definition) is 1. The van der Waals surface area contributed by atoms with E-state index in [1.54, 1.807) is 18.2 Å². The third kappa shape index (κ3) is 3.88. The van der Waals surface area contributed by atoms with Crippen LogP contribution >= 0.6 is 0 Å². The van der Waals surface area contributed by atoms with E-state index < -0.39 is 23.1 Å². The van der Waals surface area contributed by atoms with E-state index in [9.17, 15) is 18.0 Å². The molecule has 1 aromatic carbocycles. The van der Waals surface area contributed by atoms with Crippen LogP contribution in [-0.2, 0) is 16.4 Å². The summed E-state index contributed by atoms with van der Waals surface area (Å²) in [6.45, 7) is 3.77. The van der Waals surface area contributed by atoms with E-state index in [0.717, 1.165) is 6.07 Å². The molecule has 160 valence electrons. The lowest BCUT2D eigenvalue weighted by Crippen LogP contribution is -2.18. The molecule has 3 heterocycles. The van der Waals surface area contributed by atoms with Crippen molar-refractivity contribution in [1.82, 2.24) is 19.7 Å². The minimum absolute atomic E-state index is 0.0748. The van der Waals surface area contributed by atoms with Crippen molar-refractivity contribution in [3.63, 3.8) is 0 Å². The lowest BCUT2D eigenvalue weighted by Gasteiger charge is -2.17. The number of fused-ring (bicyclic) bond motifs is 1. The Labute approximate surface area is 175 Å². The molecule has 31 heavy (non-hydrogen) atoms. The Hall–Kier alpha value is -3.69. The number of aromatic nitrogens is 4. The molecule has 1 amide bonds. The van der Waals surface area contributed by atoms with E-state index in [2.05, 4.69) is 15.1 Å².